The van der Waals surface area contributed by atoms with Gasteiger partial charge < -0.3 is 10.1 Å². The zero-order valence-corrected chi connectivity index (χ0v) is 11.5. The minimum absolute atomic E-state index is 0.413. The molecule has 0 aliphatic rings. The fourth-order valence-electron chi connectivity index (χ4n) is 1.69. The Bertz CT molecular complexity index is 473. The van der Waals surface area contributed by atoms with E-state index >= 15 is 0 Å². The number of esters is 1. The number of nitrogens with one attached hydrogen (secondary N) is 2. The largest absolute Gasteiger partial charge is 0.455 e. The SMILES string of the molecule is CC[C@@H](C(=O)OCC(=O)NC(=O)NC)c1ccccc1. The summed E-state index contributed by atoms with van der Waals surface area (Å²) in [5.74, 6) is -1.56. The van der Waals surface area contributed by atoms with Crippen molar-refractivity contribution < 1.29 is 19.1 Å². The summed E-state index contributed by atoms with van der Waals surface area (Å²) >= 11 is 0. The summed E-state index contributed by atoms with van der Waals surface area (Å²) in [6, 6.07) is 8.56. The van der Waals surface area contributed by atoms with E-state index in [9.17, 15) is 14.4 Å². The van der Waals surface area contributed by atoms with Gasteiger partial charge in [0.25, 0.3) is 5.91 Å². The van der Waals surface area contributed by atoms with E-state index in [-0.39, 0.29) is 0 Å². The molecule has 1 aromatic carbocycles. The fraction of sp³-hybridized carbons (Fsp3) is 0.357. The third-order valence-electron chi connectivity index (χ3n) is 2.72. The number of carbonyl (C=O) groups excluding carboxylic acids is 3. The highest BCUT2D eigenvalue weighted by Crippen LogP contribution is 2.20. The van der Waals surface area contributed by atoms with Gasteiger partial charge in [-0.05, 0) is 12.0 Å². The first kappa shape index (κ1) is 15.7. The standard InChI is InChI=1S/C14H18N2O4/c1-3-11(10-7-5-4-6-8-10)13(18)20-9-12(17)16-14(19)15-2/h4-8,11H,3,9H2,1-2H3,(H2,15,16,17,19)/t11-/m1/s1. The van der Waals surface area contributed by atoms with E-state index in [0.717, 1.165) is 5.56 Å². The van der Waals surface area contributed by atoms with Crippen LogP contribution >= 0.6 is 0 Å². The smallest absolute Gasteiger partial charge is 0.321 e. The average molecular weight is 278 g/mol. The second-order valence-electron chi connectivity index (χ2n) is 4.11. The summed E-state index contributed by atoms with van der Waals surface area (Å²) < 4.78 is 4.93. The molecule has 20 heavy (non-hydrogen) atoms. The first-order valence-corrected chi connectivity index (χ1v) is 6.31. The van der Waals surface area contributed by atoms with Crippen molar-refractivity contribution in [1.82, 2.24) is 10.6 Å². The van der Waals surface area contributed by atoms with Gasteiger partial charge in [-0.25, -0.2) is 4.79 Å². The molecule has 0 aliphatic carbocycles. The molecule has 2 N–H and O–H groups in total. The maximum absolute atomic E-state index is 11.9. The molecular weight excluding hydrogens is 260 g/mol. The maximum atomic E-state index is 11.9. The number of hydrogen-bond acceptors (Lipinski definition) is 4. The molecule has 1 rings (SSSR count). The maximum Gasteiger partial charge on any atom is 0.321 e. The molecule has 0 radical (unpaired) electrons. The quantitative estimate of drug-likeness (QED) is 0.792. The van der Waals surface area contributed by atoms with Crippen molar-refractivity contribution in [2.45, 2.75) is 19.3 Å². The first-order valence-electron chi connectivity index (χ1n) is 6.31. The van der Waals surface area contributed by atoms with Crippen LogP contribution in [0.4, 0.5) is 4.79 Å². The van der Waals surface area contributed by atoms with E-state index in [1.807, 2.05) is 42.6 Å². The molecule has 1 aromatic rings. The van der Waals surface area contributed by atoms with Gasteiger partial charge in [0.1, 0.15) is 0 Å². The summed E-state index contributed by atoms with van der Waals surface area (Å²) in [5.41, 5.74) is 0.840. The topological polar surface area (TPSA) is 84.5 Å². The molecule has 0 spiro atoms. The van der Waals surface area contributed by atoms with Crippen LogP contribution < -0.4 is 10.6 Å². The van der Waals surface area contributed by atoms with Crippen molar-refractivity contribution in [2.24, 2.45) is 0 Å². The van der Waals surface area contributed by atoms with Crippen molar-refractivity contribution in [1.29, 1.82) is 0 Å². The van der Waals surface area contributed by atoms with Gasteiger partial charge >= 0.3 is 12.0 Å². The van der Waals surface area contributed by atoms with Gasteiger partial charge in [-0.3, -0.25) is 14.9 Å². The van der Waals surface area contributed by atoms with Gasteiger partial charge in [0.15, 0.2) is 6.61 Å². The summed E-state index contributed by atoms with van der Waals surface area (Å²) in [6.45, 7) is 1.39. The molecule has 3 amide bonds. The number of rotatable bonds is 5. The van der Waals surface area contributed by atoms with Crippen LogP contribution in [-0.2, 0) is 14.3 Å². The predicted molar refractivity (Wildman–Crippen MR) is 73.0 cm³/mol. The van der Waals surface area contributed by atoms with E-state index in [0.29, 0.717) is 6.42 Å². The van der Waals surface area contributed by atoms with Crippen LogP contribution in [0.5, 0.6) is 0 Å². The number of amides is 3. The zero-order valence-electron chi connectivity index (χ0n) is 11.5. The lowest BCUT2D eigenvalue weighted by Gasteiger charge is -2.14. The molecule has 6 heteroatoms. The monoisotopic (exact) mass is 278 g/mol. The van der Waals surface area contributed by atoms with Gasteiger partial charge in [-0.15, -0.1) is 0 Å². The molecular formula is C14H18N2O4. The van der Waals surface area contributed by atoms with E-state index in [4.69, 9.17) is 4.74 Å². The van der Waals surface area contributed by atoms with Crippen LogP contribution in [0.2, 0.25) is 0 Å². The first-order chi connectivity index (χ1) is 9.58. The number of ether oxygens (including phenoxy) is 1. The Hall–Kier alpha value is -2.37. The molecule has 108 valence electrons. The fourth-order valence-corrected chi connectivity index (χ4v) is 1.69. The van der Waals surface area contributed by atoms with Crippen molar-refractivity contribution in [3.05, 3.63) is 35.9 Å². The molecule has 0 heterocycles. The minimum Gasteiger partial charge on any atom is -0.455 e. The summed E-state index contributed by atoms with van der Waals surface area (Å²) in [5, 5.41) is 4.25. The number of carbonyl (C=O) groups is 3. The molecule has 6 nitrogen and oxygen atoms in total. The van der Waals surface area contributed by atoms with Crippen LogP contribution in [0.1, 0.15) is 24.8 Å². The van der Waals surface area contributed by atoms with Crippen molar-refractivity contribution in [3.8, 4) is 0 Å². The second kappa shape index (κ2) is 7.93. The lowest BCUT2D eigenvalue weighted by atomic mass is 9.97. The highest BCUT2D eigenvalue weighted by molar-refractivity contribution is 5.95. The number of benzene rings is 1. The van der Waals surface area contributed by atoms with Crippen LogP contribution in [0.25, 0.3) is 0 Å². The lowest BCUT2D eigenvalue weighted by molar-refractivity contribution is -0.149. The molecule has 1 atom stereocenters. The highest BCUT2D eigenvalue weighted by atomic mass is 16.5. The zero-order chi connectivity index (χ0) is 15.0. The van der Waals surface area contributed by atoms with Gasteiger partial charge in [-0.1, -0.05) is 37.3 Å². The number of imide groups is 1. The van der Waals surface area contributed by atoms with Crippen LogP contribution in [0, 0.1) is 0 Å². The van der Waals surface area contributed by atoms with Crippen LogP contribution in [0.15, 0.2) is 30.3 Å². The minimum atomic E-state index is -0.666. The van der Waals surface area contributed by atoms with Crippen LogP contribution in [-0.4, -0.2) is 31.6 Å². The molecule has 0 aromatic heterocycles. The van der Waals surface area contributed by atoms with Gasteiger partial charge in [0.2, 0.25) is 0 Å². The molecule has 0 saturated carbocycles. The van der Waals surface area contributed by atoms with Crippen LogP contribution in [0.3, 0.4) is 0 Å². The average Bonchev–Trinajstić information content (AvgIpc) is 2.47. The molecule has 0 bridgehead atoms. The summed E-state index contributed by atoms with van der Waals surface area (Å²) in [6.07, 6.45) is 0.569. The number of hydrogen-bond donors (Lipinski definition) is 2. The van der Waals surface area contributed by atoms with E-state index < -0.39 is 30.4 Å². The number of urea groups is 1. The third-order valence-corrected chi connectivity index (χ3v) is 2.72. The Kier molecular flexibility index (Phi) is 6.22. The van der Waals surface area contributed by atoms with Gasteiger partial charge in [0, 0.05) is 7.05 Å². The van der Waals surface area contributed by atoms with E-state index in [1.165, 1.54) is 7.05 Å². The Balaban J connectivity index is 2.53. The molecule has 0 unspecified atom stereocenters. The Morgan fingerprint density at radius 1 is 1.20 bits per heavy atom. The van der Waals surface area contributed by atoms with Crippen molar-refractivity contribution in [3.63, 3.8) is 0 Å². The Morgan fingerprint density at radius 2 is 1.85 bits per heavy atom. The summed E-state index contributed by atoms with van der Waals surface area (Å²) in [7, 11) is 1.39. The Labute approximate surface area is 117 Å². The third kappa shape index (κ3) is 4.72. The molecule has 0 fully saturated rings. The van der Waals surface area contributed by atoms with Crippen molar-refractivity contribution in [2.75, 3.05) is 13.7 Å². The lowest BCUT2D eigenvalue weighted by Crippen LogP contribution is -2.40. The highest BCUT2D eigenvalue weighted by Gasteiger charge is 2.21. The Morgan fingerprint density at radius 3 is 2.40 bits per heavy atom. The summed E-state index contributed by atoms with van der Waals surface area (Å²) in [4.78, 5) is 34.1. The normalized spacial score (nSPS) is 11.3. The van der Waals surface area contributed by atoms with E-state index in [2.05, 4.69) is 5.32 Å². The van der Waals surface area contributed by atoms with Gasteiger partial charge in [-0.2, -0.15) is 0 Å². The van der Waals surface area contributed by atoms with Crippen molar-refractivity contribution >= 4 is 17.9 Å². The van der Waals surface area contributed by atoms with Gasteiger partial charge in [0.05, 0.1) is 5.92 Å². The van der Waals surface area contributed by atoms with E-state index in [1.54, 1.807) is 0 Å². The molecule has 0 aliphatic heterocycles. The second-order valence-corrected chi connectivity index (χ2v) is 4.11. The molecule has 0 saturated heterocycles. The predicted octanol–water partition coefficient (Wildman–Crippen LogP) is 1.18.